The lowest BCUT2D eigenvalue weighted by atomic mass is 9.79. The maximum Gasteiger partial charge on any atom is 0.0623 e. The summed E-state index contributed by atoms with van der Waals surface area (Å²) < 4.78 is 5.61. The van der Waals surface area contributed by atoms with Gasteiger partial charge in [0.2, 0.25) is 0 Å². The molecule has 0 aromatic heterocycles. The van der Waals surface area contributed by atoms with Gasteiger partial charge in [-0.15, -0.1) is 0 Å². The molecule has 1 saturated carbocycles. The van der Waals surface area contributed by atoms with Gasteiger partial charge >= 0.3 is 0 Å². The third kappa shape index (κ3) is 3.18. The molecule has 1 aliphatic carbocycles. The zero-order valence-electron chi connectivity index (χ0n) is 10.0. The molecule has 1 heterocycles. The summed E-state index contributed by atoms with van der Waals surface area (Å²) in [4.78, 5) is 0. The highest BCUT2D eigenvalue weighted by molar-refractivity contribution is 4.81. The minimum absolute atomic E-state index is 0.521. The first kappa shape index (κ1) is 11.4. The molecule has 2 heteroatoms. The third-order valence-electron chi connectivity index (χ3n) is 4.20. The van der Waals surface area contributed by atoms with Gasteiger partial charge in [-0.2, -0.15) is 0 Å². The van der Waals surface area contributed by atoms with Crippen molar-refractivity contribution in [2.75, 3.05) is 20.2 Å². The lowest BCUT2D eigenvalue weighted by Crippen LogP contribution is -2.41. The first-order chi connectivity index (χ1) is 7.40. The number of hydrogen-bond donors (Lipinski definition) is 1. The molecule has 0 aromatic rings. The van der Waals surface area contributed by atoms with Crippen molar-refractivity contribution in [2.45, 2.75) is 51.0 Å². The Hall–Kier alpha value is -0.0800. The minimum Gasteiger partial charge on any atom is -0.381 e. The lowest BCUT2D eigenvalue weighted by Gasteiger charge is -2.34. The number of rotatable bonds is 3. The van der Waals surface area contributed by atoms with Crippen LogP contribution in [0.3, 0.4) is 0 Å². The van der Waals surface area contributed by atoms with E-state index in [0.717, 1.165) is 18.4 Å². The molecule has 2 unspecified atom stereocenters. The number of nitrogens with one attached hydrogen (secondary N) is 1. The van der Waals surface area contributed by atoms with Crippen LogP contribution in [0.1, 0.15) is 44.9 Å². The minimum atomic E-state index is 0.521. The molecule has 0 aromatic carbocycles. The van der Waals surface area contributed by atoms with Crippen molar-refractivity contribution in [1.29, 1.82) is 0 Å². The molecule has 0 spiro atoms. The standard InChI is InChI=1S/C13H25NO/c1-15-13-7-8-14-10-12(13)9-11-5-3-2-4-6-11/h11-14H,2-10H2,1H3. The van der Waals surface area contributed by atoms with Crippen LogP contribution in [0.25, 0.3) is 0 Å². The molecule has 0 radical (unpaired) electrons. The highest BCUT2D eigenvalue weighted by Gasteiger charge is 2.27. The van der Waals surface area contributed by atoms with E-state index in [1.54, 1.807) is 0 Å². The summed E-state index contributed by atoms with van der Waals surface area (Å²) in [5.41, 5.74) is 0. The van der Waals surface area contributed by atoms with Gasteiger partial charge in [-0.05, 0) is 31.2 Å². The predicted molar refractivity (Wildman–Crippen MR) is 63.0 cm³/mol. The summed E-state index contributed by atoms with van der Waals surface area (Å²) in [5, 5.41) is 3.51. The van der Waals surface area contributed by atoms with E-state index in [9.17, 15) is 0 Å². The van der Waals surface area contributed by atoms with Crippen LogP contribution in [0.4, 0.5) is 0 Å². The van der Waals surface area contributed by atoms with E-state index >= 15 is 0 Å². The average Bonchev–Trinajstić information content (AvgIpc) is 2.31. The van der Waals surface area contributed by atoms with Crippen molar-refractivity contribution < 1.29 is 4.74 Å². The van der Waals surface area contributed by atoms with E-state index in [4.69, 9.17) is 4.74 Å². The van der Waals surface area contributed by atoms with Gasteiger partial charge in [0.25, 0.3) is 0 Å². The first-order valence-corrected chi connectivity index (χ1v) is 6.63. The normalized spacial score (nSPS) is 34.2. The van der Waals surface area contributed by atoms with E-state index < -0.39 is 0 Å². The summed E-state index contributed by atoms with van der Waals surface area (Å²) >= 11 is 0. The Balaban J connectivity index is 1.79. The van der Waals surface area contributed by atoms with Crippen molar-refractivity contribution >= 4 is 0 Å². The van der Waals surface area contributed by atoms with Crippen LogP contribution in [0, 0.1) is 11.8 Å². The fourth-order valence-electron chi connectivity index (χ4n) is 3.30. The number of piperidine rings is 1. The van der Waals surface area contributed by atoms with E-state index in [1.165, 1.54) is 51.5 Å². The Labute approximate surface area is 93.8 Å². The Kier molecular flexibility index (Phi) is 4.45. The van der Waals surface area contributed by atoms with Crippen molar-refractivity contribution in [3.05, 3.63) is 0 Å². The first-order valence-electron chi connectivity index (χ1n) is 6.63. The highest BCUT2D eigenvalue weighted by atomic mass is 16.5. The van der Waals surface area contributed by atoms with Crippen LogP contribution in [-0.2, 0) is 4.74 Å². The van der Waals surface area contributed by atoms with Gasteiger partial charge in [0.15, 0.2) is 0 Å². The topological polar surface area (TPSA) is 21.3 Å². The number of hydrogen-bond acceptors (Lipinski definition) is 2. The molecule has 2 aliphatic rings. The third-order valence-corrected chi connectivity index (χ3v) is 4.20. The smallest absolute Gasteiger partial charge is 0.0623 e. The van der Waals surface area contributed by atoms with Crippen molar-refractivity contribution in [1.82, 2.24) is 5.32 Å². The quantitative estimate of drug-likeness (QED) is 0.774. The largest absolute Gasteiger partial charge is 0.381 e. The molecule has 0 amide bonds. The van der Waals surface area contributed by atoms with Crippen molar-refractivity contribution in [3.63, 3.8) is 0 Å². The van der Waals surface area contributed by atoms with Gasteiger partial charge in [0, 0.05) is 13.7 Å². The molecule has 88 valence electrons. The molecule has 2 nitrogen and oxygen atoms in total. The predicted octanol–water partition coefficient (Wildman–Crippen LogP) is 2.58. The molecular formula is C13H25NO. The van der Waals surface area contributed by atoms with Gasteiger partial charge in [0.1, 0.15) is 0 Å². The van der Waals surface area contributed by atoms with E-state index in [2.05, 4.69) is 5.32 Å². The van der Waals surface area contributed by atoms with E-state index in [0.29, 0.717) is 6.10 Å². The fraction of sp³-hybridized carbons (Fsp3) is 1.00. The number of methoxy groups -OCH3 is 1. The zero-order valence-corrected chi connectivity index (χ0v) is 10.0. The fourth-order valence-corrected chi connectivity index (χ4v) is 3.30. The maximum atomic E-state index is 5.61. The van der Waals surface area contributed by atoms with Crippen LogP contribution in [0.15, 0.2) is 0 Å². The highest BCUT2D eigenvalue weighted by Crippen LogP contribution is 2.31. The van der Waals surface area contributed by atoms with Gasteiger partial charge in [0.05, 0.1) is 6.10 Å². The van der Waals surface area contributed by atoms with Crippen LogP contribution < -0.4 is 5.32 Å². The van der Waals surface area contributed by atoms with Crippen LogP contribution in [-0.4, -0.2) is 26.3 Å². The molecule has 0 bridgehead atoms. The Morgan fingerprint density at radius 3 is 2.67 bits per heavy atom. The van der Waals surface area contributed by atoms with Gasteiger partial charge in [-0.25, -0.2) is 0 Å². The summed E-state index contributed by atoms with van der Waals surface area (Å²) in [6.07, 6.45) is 10.4. The summed E-state index contributed by atoms with van der Waals surface area (Å²) in [7, 11) is 1.88. The van der Waals surface area contributed by atoms with Gasteiger partial charge < -0.3 is 10.1 Å². The second-order valence-corrected chi connectivity index (χ2v) is 5.27. The average molecular weight is 211 g/mol. The molecule has 2 fully saturated rings. The summed E-state index contributed by atoms with van der Waals surface area (Å²) in [5.74, 6) is 1.76. The SMILES string of the molecule is COC1CCNCC1CC1CCCCC1. The van der Waals surface area contributed by atoms with Crippen molar-refractivity contribution in [2.24, 2.45) is 11.8 Å². The van der Waals surface area contributed by atoms with Gasteiger partial charge in [-0.1, -0.05) is 32.1 Å². The Bertz CT molecular complexity index is 177. The molecule has 1 aliphatic heterocycles. The van der Waals surface area contributed by atoms with Crippen LogP contribution in [0.2, 0.25) is 0 Å². The van der Waals surface area contributed by atoms with Crippen LogP contribution in [0.5, 0.6) is 0 Å². The molecule has 2 atom stereocenters. The molecule has 2 rings (SSSR count). The van der Waals surface area contributed by atoms with E-state index in [-0.39, 0.29) is 0 Å². The number of ether oxygens (including phenoxy) is 1. The molecule has 1 saturated heterocycles. The maximum absolute atomic E-state index is 5.61. The van der Waals surface area contributed by atoms with Crippen molar-refractivity contribution in [3.8, 4) is 0 Å². The van der Waals surface area contributed by atoms with Crippen LogP contribution >= 0.6 is 0 Å². The Morgan fingerprint density at radius 2 is 1.93 bits per heavy atom. The second kappa shape index (κ2) is 5.86. The second-order valence-electron chi connectivity index (χ2n) is 5.27. The molecule has 15 heavy (non-hydrogen) atoms. The molecule has 1 N–H and O–H groups in total. The molecular weight excluding hydrogens is 186 g/mol. The Morgan fingerprint density at radius 1 is 1.13 bits per heavy atom. The van der Waals surface area contributed by atoms with E-state index in [1.807, 2.05) is 7.11 Å². The monoisotopic (exact) mass is 211 g/mol. The lowest BCUT2D eigenvalue weighted by molar-refractivity contribution is 0.0189. The zero-order chi connectivity index (χ0) is 10.5. The summed E-state index contributed by atoms with van der Waals surface area (Å²) in [6.45, 7) is 2.31. The van der Waals surface area contributed by atoms with Gasteiger partial charge in [-0.3, -0.25) is 0 Å². The summed E-state index contributed by atoms with van der Waals surface area (Å²) in [6, 6.07) is 0.